The lowest BCUT2D eigenvalue weighted by molar-refractivity contribution is -0.203. The van der Waals surface area contributed by atoms with Crippen LogP contribution >= 0.6 is 0 Å². The van der Waals surface area contributed by atoms with Gasteiger partial charge in [-0.3, -0.25) is 10.2 Å². The van der Waals surface area contributed by atoms with Gasteiger partial charge < -0.3 is 0 Å². The standard InChI is InChI=1S/C18H19F3N2O/c1-11-8-9-14(13-7-5-4-6-12(11)13)16(18(19,20)21)23-17(2,3)10-15(24)22-23/h4-9,16H,10H2,1-3H3,(H,22,24)/t16-/m0/s1. The zero-order chi connectivity index (χ0) is 17.7. The highest BCUT2D eigenvalue weighted by atomic mass is 19.4. The van der Waals surface area contributed by atoms with E-state index >= 15 is 0 Å². The van der Waals surface area contributed by atoms with E-state index in [1.54, 1.807) is 32.0 Å². The topological polar surface area (TPSA) is 32.3 Å². The lowest BCUT2D eigenvalue weighted by Gasteiger charge is -2.38. The van der Waals surface area contributed by atoms with E-state index < -0.39 is 23.7 Å². The van der Waals surface area contributed by atoms with Gasteiger partial charge >= 0.3 is 6.18 Å². The van der Waals surface area contributed by atoms with E-state index in [1.807, 2.05) is 19.1 Å². The highest BCUT2D eigenvalue weighted by Crippen LogP contribution is 2.44. The number of nitrogens with one attached hydrogen (secondary N) is 1. The number of hydrazine groups is 1. The van der Waals surface area contributed by atoms with E-state index in [0.29, 0.717) is 5.39 Å². The predicted molar refractivity (Wildman–Crippen MR) is 86.2 cm³/mol. The molecule has 1 N–H and O–H groups in total. The quantitative estimate of drug-likeness (QED) is 0.888. The Kier molecular flexibility index (Phi) is 3.83. The molecule has 1 atom stereocenters. The molecule has 1 aliphatic rings. The first-order valence-electron chi connectivity index (χ1n) is 7.75. The Labute approximate surface area is 138 Å². The number of hydrogen-bond donors (Lipinski definition) is 1. The van der Waals surface area contributed by atoms with Crippen LogP contribution < -0.4 is 5.43 Å². The molecule has 0 aliphatic carbocycles. The maximum atomic E-state index is 14.0. The fraction of sp³-hybridized carbons (Fsp3) is 0.389. The van der Waals surface area contributed by atoms with Crippen molar-refractivity contribution in [1.29, 1.82) is 0 Å². The van der Waals surface area contributed by atoms with Crippen molar-refractivity contribution in [2.75, 3.05) is 0 Å². The second kappa shape index (κ2) is 5.48. The zero-order valence-electron chi connectivity index (χ0n) is 13.7. The number of benzene rings is 2. The number of fused-ring (bicyclic) bond motifs is 1. The monoisotopic (exact) mass is 336 g/mol. The van der Waals surface area contributed by atoms with Crippen molar-refractivity contribution in [3.63, 3.8) is 0 Å². The fourth-order valence-corrected chi connectivity index (χ4v) is 3.39. The Hall–Kier alpha value is -2.08. The molecule has 3 rings (SSSR count). The molecule has 1 saturated heterocycles. The minimum atomic E-state index is -4.52. The number of halogens is 3. The summed E-state index contributed by atoms with van der Waals surface area (Å²) in [5.41, 5.74) is 2.54. The van der Waals surface area contributed by atoms with E-state index in [-0.39, 0.29) is 12.0 Å². The van der Waals surface area contributed by atoms with Crippen molar-refractivity contribution in [1.82, 2.24) is 10.4 Å². The van der Waals surface area contributed by atoms with Crippen LogP contribution in [-0.2, 0) is 4.79 Å². The summed E-state index contributed by atoms with van der Waals surface area (Å²) < 4.78 is 41.9. The van der Waals surface area contributed by atoms with Crippen molar-refractivity contribution >= 4 is 16.7 Å². The lowest BCUT2D eigenvalue weighted by Crippen LogP contribution is -2.51. The van der Waals surface area contributed by atoms with E-state index in [2.05, 4.69) is 5.43 Å². The van der Waals surface area contributed by atoms with Crippen LogP contribution in [0.1, 0.15) is 37.4 Å². The number of rotatable bonds is 2. The molecule has 128 valence electrons. The molecular formula is C18H19F3N2O. The minimum absolute atomic E-state index is 0.0311. The Bertz CT molecular complexity index is 798. The third-order valence-corrected chi connectivity index (χ3v) is 4.53. The van der Waals surface area contributed by atoms with E-state index in [0.717, 1.165) is 16.0 Å². The van der Waals surface area contributed by atoms with Gasteiger partial charge in [-0.15, -0.1) is 0 Å². The van der Waals surface area contributed by atoms with Crippen LogP contribution in [0.25, 0.3) is 10.8 Å². The van der Waals surface area contributed by atoms with Gasteiger partial charge in [0.05, 0.1) is 0 Å². The Morgan fingerprint density at radius 1 is 1.12 bits per heavy atom. The normalized spacial score (nSPS) is 19.5. The summed E-state index contributed by atoms with van der Waals surface area (Å²) >= 11 is 0. The molecule has 1 fully saturated rings. The van der Waals surface area contributed by atoms with Crippen LogP contribution in [0.2, 0.25) is 0 Å². The summed E-state index contributed by atoms with van der Waals surface area (Å²) in [6, 6.07) is 8.36. The summed E-state index contributed by atoms with van der Waals surface area (Å²) in [5, 5.41) is 2.39. The maximum Gasteiger partial charge on any atom is 0.409 e. The van der Waals surface area contributed by atoms with Gasteiger partial charge in [0, 0.05) is 12.0 Å². The third kappa shape index (κ3) is 2.75. The van der Waals surface area contributed by atoms with Crippen molar-refractivity contribution in [2.45, 2.75) is 44.9 Å². The maximum absolute atomic E-state index is 14.0. The van der Waals surface area contributed by atoms with Crippen molar-refractivity contribution in [3.8, 4) is 0 Å². The molecule has 0 saturated carbocycles. The molecule has 0 bridgehead atoms. The van der Waals surface area contributed by atoms with Gasteiger partial charge in [-0.05, 0) is 42.7 Å². The predicted octanol–water partition coefficient (Wildman–Crippen LogP) is 4.27. The van der Waals surface area contributed by atoms with Crippen LogP contribution in [0.4, 0.5) is 13.2 Å². The Balaban J connectivity index is 2.22. The highest BCUT2D eigenvalue weighted by molar-refractivity contribution is 5.89. The molecule has 6 heteroatoms. The van der Waals surface area contributed by atoms with Crippen LogP contribution in [0.15, 0.2) is 36.4 Å². The minimum Gasteiger partial charge on any atom is -0.287 e. The molecule has 0 spiro atoms. The number of alkyl halides is 3. The van der Waals surface area contributed by atoms with Crippen LogP contribution in [0, 0.1) is 6.92 Å². The van der Waals surface area contributed by atoms with Crippen LogP contribution in [0.5, 0.6) is 0 Å². The first-order valence-corrected chi connectivity index (χ1v) is 7.75. The molecule has 3 nitrogen and oxygen atoms in total. The molecule has 0 unspecified atom stereocenters. The van der Waals surface area contributed by atoms with E-state index in [1.165, 1.54) is 6.07 Å². The van der Waals surface area contributed by atoms with Crippen molar-refractivity contribution in [2.24, 2.45) is 0 Å². The second-order valence-electron chi connectivity index (χ2n) is 6.86. The third-order valence-electron chi connectivity index (χ3n) is 4.53. The molecule has 1 amide bonds. The second-order valence-corrected chi connectivity index (χ2v) is 6.86. The summed E-state index contributed by atoms with van der Waals surface area (Å²) in [6.07, 6.45) is -4.49. The Morgan fingerprint density at radius 2 is 1.75 bits per heavy atom. The smallest absolute Gasteiger partial charge is 0.287 e. The average Bonchev–Trinajstić information content (AvgIpc) is 2.73. The molecule has 0 radical (unpaired) electrons. The molecule has 2 aromatic rings. The first-order chi connectivity index (χ1) is 11.1. The van der Waals surface area contributed by atoms with Gasteiger partial charge in [0.1, 0.15) is 0 Å². The number of nitrogens with zero attached hydrogens (tertiary/aromatic N) is 1. The van der Waals surface area contributed by atoms with Crippen LogP contribution in [0.3, 0.4) is 0 Å². The SMILES string of the molecule is Cc1ccc([C@H](N2NC(=O)CC2(C)C)C(F)(F)F)c2ccccc12. The highest BCUT2D eigenvalue weighted by Gasteiger charge is 2.53. The van der Waals surface area contributed by atoms with Crippen molar-refractivity contribution < 1.29 is 18.0 Å². The molecule has 0 aromatic heterocycles. The van der Waals surface area contributed by atoms with Gasteiger partial charge in [-0.1, -0.05) is 36.4 Å². The molecule has 2 aromatic carbocycles. The van der Waals surface area contributed by atoms with Crippen LogP contribution in [-0.4, -0.2) is 22.6 Å². The Morgan fingerprint density at radius 3 is 2.29 bits per heavy atom. The number of carbonyl (C=O) groups excluding carboxylic acids is 1. The van der Waals surface area contributed by atoms with Crippen molar-refractivity contribution in [3.05, 3.63) is 47.5 Å². The number of carbonyl (C=O) groups is 1. The van der Waals surface area contributed by atoms with E-state index in [9.17, 15) is 18.0 Å². The number of amides is 1. The molecule has 1 aliphatic heterocycles. The molecule has 1 heterocycles. The van der Waals surface area contributed by atoms with E-state index in [4.69, 9.17) is 0 Å². The van der Waals surface area contributed by atoms with Gasteiger partial charge in [-0.25, -0.2) is 0 Å². The first kappa shape index (κ1) is 16.8. The fourth-order valence-electron chi connectivity index (χ4n) is 3.39. The van der Waals surface area contributed by atoms with Gasteiger partial charge in [-0.2, -0.15) is 18.2 Å². The van der Waals surface area contributed by atoms with Gasteiger partial charge in [0.25, 0.3) is 0 Å². The van der Waals surface area contributed by atoms with Gasteiger partial charge in [0.2, 0.25) is 5.91 Å². The largest absolute Gasteiger partial charge is 0.409 e. The van der Waals surface area contributed by atoms with Gasteiger partial charge in [0.15, 0.2) is 6.04 Å². The average molecular weight is 336 g/mol. The summed E-state index contributed by atoms with van der Waals surface area (Å²) in [6.45, 7) is 5.15. The molecular weight excluding hydrogens is 317 g/mol. The summed E-state index contributed by atoms with van der Waals surface area (Å²) in [4.78, 5) is 11.7. The summed E-state index contributed by atoms with van der Waals surface area (Å²) in [7, 11) is 0. The number of aryl methyl sites for hydroxylation is 1. The number of hydrogen-bond acceptors (Lipinski definition) is 2. The zero-order valence-corrected chi connectivity index (χ0v) is 13.7. The lowest BCUT2D eigenvalue weighted by atomic mass is 9.92. The summed E-state index contributed by atoms with van der Waals surface area (Å²) in [5.74, 6) is -0.398. The molecule has 24 heavy (non-hydrogen) atoms.